The SMILES string of the molecule is CN(C)c1ccc(NC(=O)COC(=O)Cc2ccccc2F)cc1. The third-order valence-electron chi connectivity index (χ3n) is 3.32. The molecule has 2 aromatic rings. The summed E-state index contributed by atoms with van der Waals surface area (Å²) in [6, 6.07) is 13.2. The van der Waals surface area contributed by atoms with Gasteiger partial charge in [0.25, 0.3) is 5.91 Å². The molecule has 0 heterocycles. The van der Waals surface area contributed by atoms with Gasteiger partial charge < -0.3 is 15.0 Å². The van der Waals surface area contributed by atoms with E-state index in [4.69, 9.17) is 4.74 Å². The highest BCUT2D eigenvalue weighted by atomic mass is 19.1. The van der Waals surface area contributed by atoms with Crippen LogP contribution in [-0.2, 0) is 20.7 Å². The zero-order valence-corrected chi connectivity index (χ0v) is 13.6. The third-order valence-corrected chi connectivity index (χ3v) is 3.32. The Morgan fingerprint density at radius 1 is 1.08 bits per heavy atom. The van der Waals surface area contributed by atoms with Crippen LogP contribution in [0.15, 0.2) is 48.5 Å². The number of ether oxygens (including phenoxy) is 1. The van der Waals surface area contributed by atoms with E-state index in [0.717, 1.165) is 5.69 Å². The normalized spacial score (nSPS) is 10.1. The standard InChI is InChI=1S/C18H19FN2O3/c1-21(2)15-9-7-14(8-10-15)20-17(22)12-24-18(23)11-13-5-3-4-6-16(13)19/h3-10H,11-12H2,1-2H3,(H,20,22). The van der Waals surface area contributed by atoms with Gasteiger partial charge in [0.1, 0.15) is 5.82 Å². The first-order chi connectivity index (χ1) is 11.5. The van der Waals surface area contributed by atoms with Crippen LogP contribution in [0.25, 0.3) is 0 Å². The quantitative estimate of drug-likeness (QED) is 0.827. The summed E-state index contributed by atoms with van der Waals surface area (Å²) in [7, 11) is 3.84. The zero-order valence-electron chi connectivity index (χ0n) is 13.6. The van der Waals surface area contributed by atoms with E-state index in [-0.39, 0.29) is 12.0 Å². The Labute approximate surface area is 140 Å². The van der Waals surface area contributed by atoms with E-state index in [0.29, 0.717) is 5.69 Å². The molecule has 0 aromatic heterocycles. The summed E-state index contributed by atoms with van der Waals surface area (Å²) < 4.78 is 18.3. The highest BCUT2D eigenvalue weighted by molar-refractivity contribution is 5.93. The minimum Gasteiger partial charge on any atom is -0.455 e. The number of anilines is 2. The topological polar surface area (TPSA) is 58.6 Å². The van der Waals surface area contributed by atoms with Crippen LogP contribution in [0.5, 0.6) is 0 Å². The van der Waals surface area contributed by atoms with Gasteiger partial charge in [-0.25, -0.2) is 4.39 Å². The van der Waals surface area contributed by atoms with Crippen molar-refractivity contribution < 1.29 is 18.7 Å². The Morgan fingerprint density at radius 3 is 2.38 bits per heavy atom. The van der Waals surface area contributed by atoms with Crippen molar-refractivity contribution in [2.45, 2.75) is 6.42 Å². The van der Waals surface area contributed by atoms with Crippen molar-refractivity contribution in [3.8, 4) is 0 Å². The molecule has 0 atom stereocenters. The van der Waals surface area contributed by atoms with Crippen LogP contribution in [0.2, 0.25) is 0 Å². The molecule has 6 heteroatoms. The first kappa shape index (κ1) is 17.5. The molecule has 0 aliphatic carbocycles. The van der Waals surface area contributed by atoms with Gasteiger partial charge in [0.15, 0.2) is 6.61 Å². The summed E-state index contributed by atoms with van der Waals surface area (Å²) in [5, 5.41) is 2.63. The van der Waals surface area contributed by atoms with Gasteiger partial charge in [-0.15, -0.1) is 0 Å². The largest absolute Gasteiger partial charge is 0.455 e. The van der Waals surface area contributed by atoms with Crippen molar-refractivity contribution in [3.63, 3.8) is 0 Å². The minimum atomic E-state index is -0.654. The molecule has 0 radical (unpaired) electrons. The van der Waals surface area contributed by atoms with Crippen molar-refractivity contribution in [3.05, 3.63) is 59.9 Å². The van der Waals surface area contributed by atoms with Crippen LogP contribution in [0.4, 0.5) is 15.8 Å². The van der Waals surface area contributed by atoms with E-state index in [1.165, 1.54) is 12.1 Å². The van der Waals surface area contributed by atoms with Crippen molar-refractivity contribution >= 4 is 23.3 Å². The molecule has 0 bridgehead atoms. The average Bonchev–Trinajstić information content (AvgIpc) is 2.55. The fourth-order valence-corrected chi connectivity index (χ4v) is 2.03. The zero-order chi connectivity index (χ0) is 17.5. The molecule has 0 saturated carbocycles. The summed E-state index contributed by atoms with van der Waals surface area (Å²) in [5.41, 5.74) is 1.85. The lowest BCUT2D eigenvalue weighted by Crippen LogP contribution is -2.21. The third kappa shape index (κ3) is 5.08. The molecule has 0 fully saturated rings. The highest BCUT2D eigenvalue weighted by Crippen LogP contribution is 2.15. The second-order valence-electron chi connectivity index (χ2n) is 5.42. The second-order valence-corrected chi connectivity index (χ2v) is 5.42. The van der Waals surface area contributed by atoms with Gasteiger partial charge in [0.2, 0.25) is 0 Å². The molecule has 0 aliphatic rings. The maximum absolute atomic E-state index is 13.4. The van der Waals surface area contributed by atoms with Gasteiger partial charge in [0, 0.05) is 25.5 Å². The molecule has 2 rings (SSSR count). The number of benzene rings is 2. The fourth-order valence-electron chi connectivity index (χ4n) is 2.03. The van der Waals surface area contributed by atoms with E-state index in [2.05, 4.69) is 5.32 Å². The van der Waals surface area contributed by atoms with E-state index >= 15 is 0 Å². The van der Waals surface area contributed by atoms with E-state index in [1.54, 1.807) is 24.3 Å². The molecule has 0 unspecified atom stereocenters. The number of carbonyl (C=O) groups is 2. The lowest BCUT2D eigenvalue weighted by atomic mass is 10.1. The molecular weight excluding hydrogens is 311 g/mol. The van der Waals surface area contributed by atoms with Gasteiger partial charge in [-0.1, -0.05) is 18.2 Å². The van der Waals surface area contributed by atoms with Gasteiger partial charge in [0.05, 0.1) is 6.42 Å². The molecule has 1 N–H and O–H groups in total. The summed E-state index contributed by atoms with van der Waals surface area (Å²) in [4.78, 5) is 25.4. The van der Waals surface area contributed by atoms with E-state index in [1.807, 2.05) is 31.1 Å². The van der Waals surface area contributed by atoms with Gasteiger partial charge in [-0.05, 0) is 35.9 Å². The first-order valence-electron chi connectivity index (χ1n) is 7.42. The molecule has 24 heavy (non-hydrogen) atoms. The molecule has 5 nitrogen and oxygen atoms in total. The number of nitrogens with zero attached hydrogens (tertiary/aromatic N) is 1. The lowest BCUT2D eigenvalue weighted by molar-refractivity contribution is -0.146. The smallest absolute Gasteiger partial charge is 0.310 e. The minimum absolute atomic E-state index is 0.211. The second kappa shape index (κ2) is 8.10. The molecular formula is C18H19FN2O3. The monoisotopic (exact) mass is 330 g/mol. The van der Waals surface area contributed by atoms with Gasteiger partial charge in [-0.3, -0.25) is 9.59 Å². The number of nitrogens with one attached hydrogen (secondary N) is 1. The maximum atomic E-state index is 13.4. The predicted octanol–water partition coefficient (Wildman–Crippen LogP) is 2.62. The number of carbonyl (C=O) groups excluding carboxylic acids is 2. The van der Waals surface area contributed by atoms with E-state index in [9.17, 15) is 14.0 Å². The van der Waals surface area contributed by atoms with Crippen LogP contribution in [0, 0.1) is 5.82 Å². The van der Waals surface area contributed by atoms with Crippen LogP contribution < -0.4 is 10.2 Å². The van der Waals surface area contributed by atoms with Crippen molar-refractivity contribution in [2.24, 2.45) is 0 Å². The highest BCUT2D eigenvalue weighted by Gasteiger charge is 2.11. The molecule has 0 saturated heterocycles. The molecule has 126 valence electrons. The Bertz CT molecular complexity index is 714. The average molecular weight is 330 g/mol. The molecule has 0 spiro atoms. The predicted molar refractivity (Wildman–Crippen MR) is 90.5 cm³/mol. The Hall–Kier alpha value is -2.89. The first-order valence-corrected chi connectivity index (χ1v) is 7.42. The Balaban J connectivity index is 1.80. The molecule has 0 aliphatic heterocycles. The van der Waals surface area contributed by atoms with Crippen LogP contribution in [0.3, 0.4) is 0 Å². The number of hydrogen-bond acceptors (Lipinski definition) is 4. The number of hydrogen-bond donors (Lipinski definition) is 1. The van der Waals surface area contributed by atoms with Crippen LogP contribution in [0.1, 0.15) is 5.56 Å². The summed E-state index contributed by atoms with van der Waals surface area (Å²) in [6.07, 6.45) is -0.211. The van der Waals surface area contributed by atoms with E-state index < -0.39 is 24.3 Å². The Morgan fingerprint density at radius 2 is 1.75 bits per heavy atom. The fraction of sp³-hybridized carbons (Fsp3) is 0.222. The number of rotatable bonds is 6. The number of amides is 1. The van der Waals surface area contributed by atoms with Crippen molar-refractivity contribution in [2.75, 3.05) is 30.9 Å². The molecule has 1 amide bonds. The van der Waals surface area contributed by atoms with Gasteiger partial charge in [-0.2, -0.15) is 0 Å². The molecule has 2 aromatic carbocycles. The number of esters is 1. The van der Waals surface area contributed by atoms with Crippen molar-refractivity contribution in [1.82, 2.24) is 0 Å². The summed E-state index contributed by atoms with van der Waals surface area (Å²) in [6.45, 7) is -0.414. The lowest BCUT2D eigenvalue weighted by Gasteiger charge is -2.13. The number of halogens is 1. The van der Waals surface area contributed by atoms with Gasteiger partial charge >= 0.3 is 5.97 Å². The van der Waals surface area contributed by atoms with Crippen LogP contribution in [-0.4, -0.2) is 32.6 Å². The summed E-state index contributed by atoms with van der Waals surface area (Å²) in [5.74, 6) is -1.58. The summed E-state index contributed by atoms with van der Waals surface area (Å²) >= 11 is 0. The van der Waals surface area contributed by atoms with Crippen molar-refractivity contribution in [1.29, 1.82) is 0 Å². The maximum Gasteiger partial charge on any atom is 0.310 e. The Kier molecular flexibility index (Phi) is 5.89. The van der Waals surface area contributed by atoms with Crippen LogP contribution >= 0.6 is 0 Å².